The molecule has 7 nitrogen and oxygen atoms in total. The fourth-order valence-corrected chi connectivity index (χ4v) is 2.64. The number of aliphatic hydroxyl groups excluding tert-OH is 1. The largest absolute Gasteiger partial charge is 0.478 e. The maximum Gasteiger partial charge on any atom is 0.338 e. The van der Waals surface area contributed by atoms with Crippen LogP contribution in [-0.4, -0.2) is 33.3 Å². The molecule has 0 amide bonds. The summed E-state index contributed by atoms with van der Waals surface area (Å²) in [6.07, 6.45) is 2.94. The lowest BCUT2D eigenvalue weighted by atomic mass is 9.98. The lowest BCUT2D eigenvalue weighted by Crippen LogP contribution is -2.39. The molecule has 1 aliphatic carbocycles. The highest BCUT2D eigenvalue weighted by Crippen LogP contribution is 2.36. The van der Waals surface area contributed by atoms with E-state index < -0.39 is 33.5 Å². The number of nitrogens with one attached hydrogen (secondary N) is 1. The van der Waals surface area contributed by atoms with Gasteiger partial charge in [0.15, 0.2) is 0 Å². The third kappa shape index (κ3) is 2.94. The maximum absolute atomic E-state index is 13.7. The topological polar surface area (TPSA) is 113 Å². The second kappa shape index (κ2) is 5.65. The Labute approximate surface area is 119 Å². The average molecular weight is 298 g/mol. The first kappa shape index (κ1) is 15.2. The van der Waals surface area contributed by atoms with Gasteiger partial charge < -0.3 is 15.5 Å². The van der Waals surface area contributed by atoms with E-state index >= 15 is 0 Å². The Hall–Kier alpha value is -2.22. The third-order valence-corrected chi connectivity index (χ3v) is 3.78. The molecule has 0 heterocycles. The minimum atomic E-state index is -1.57. The fourth-order valence-electron chi connectivity index (χ4n) is 2.64. The highest BCUT2D eigenvalue weighted by atomic mass is 19.1. The molecule has 1 aromatic carbocycles. The maximum atomic E-state index is 13.7. The molecule has 0 atom stereocenters. The van der Waals surface area contributed by atoms with Crippen LogP contribution in [0.4, 0.5) is 15.8 Å². The molecule has 0 spiro atoms. The summed E-state index contributed by atoms with van der Waals surface area (Å²) in [6.45, 7) is -0.230. The molecule has 0 saturated heterocycles. The molecule has 0 unspecified atom stereocenters. The van der Waals surface area contributed by atoms with Crippen LogP contribution in [0.1, 0.15) is 36.0 Å². The van der Waals surface area contributed by atoms with Gasteiger partial charge in [-0.15, -0.1) is 0 Å². The Morgan fingerprint density at radius 1 is 1.43 bits per heavy atom. The van der Waals surface area contributed by atoms with E-state index in [1.807, 2.05) is 0 Å². The van der Waals surface area contributed by atoms with Crippen LogP contribution in [0.15, 0.2) is 12.1 Å². The first-order chi connectivity index (χ1) is 9.88. The van der Waals surface area contributed by atoms with E-state index in [1.165, 1.54) is 0 Å². The highest BCUT2D eigenvalue weighted by Gasteiger charge is 2.35. The van der Waals surface area contributed by atoms with Crippen LogP contribution in [0.3, 0.4) is 0 Å². The SMILES string of the molecule is O=C(O)c1cc([N+](=O)[O-])c(NC2(CO)CCCC2)cc1F. The predicted octanol–water partition coefficient (Wildman–Crippen LogP) is 2.15. The van der Waals surface area contributed by atoms with Gasteiger partial charge in [0.2, 0.25) is 0 Å². The third-order valence-electron chi connectivity index (χ3n) is 3.78. The van der Waals surface area contributed by atoms with Crippen molar-refractivity contribution in [1.29, 1.82) is 0 Å². The number of anilines is 1. The molecule has 0 aliphatic heterocycles. The molecule has 1 saturated carbocycles. The minimum Gasteiger partial charge on any atom is -0.478 e. The molecule has 21 heavy (non-hydrogen) atoms. The van der Waals surface area contributed by atoms with Crippen LogP contribution >= 0.6 is 0 Å². The number of aromatic carboxylic acids is 1. The number of benzene rings is 1. The van der Waals surface area contributed by atoms with Crippen LogP contribution in [0.5, 0.6) is 0 Å². The van der Waals surface area contributed by atoms with E-state index in [4.69, 9.17) is 5.11 Å². The summed E-state index contributed by atoms with van der Waals surface area (Å²) >= 11 is 0. The summed E-state index contributed by atoms with van der Waals surface area (Å²) in [5.74, 6) is -2.62. The van der Waals surface area contributed by atoms with Gasteiger partial charge in [0.05, 0.1) is 17.1 Å². The van der Waals surface area contributed by atoms with Gasteiger partial charge >= 0.3 is 5.97 Å². The van der Waals surface area contributed by atoms with Gasteiger partial charge in [-0.3, -0.25) is 10.1 Å². The number of carboxylic acids is 1. The van der Waals surface area contributed by atoms with Crippen LogP contribution in [-0.2, 0) is 0 Å². The number of carboxylic acid groups (broad SMARTS) is 1. The average Bonchev–Trinajstić information content (AvgIpc) is 2.87. The number of nitro groups is 1. The number of nitro benzene ring substituents is 1. The van der Waals surface area contributed by atoms with Crippen LogP contribution in [0.25, 0.3) is 0 Å². The summed E-state index contributed by atoms with van der Waals surface area (Å²) < 4.78 is 13.7. The standard InChI is InChI=1S/C13H15FN2O5/c14-9-6-10(15-13(7-17)3-1-2-4-13)11(16(20)21)5-8(9)12(18)19/h5-6,15,17H,1-4,7H2,(H,18,19). The summed E-state index contributed by atoms with van der Waals surface area (Å²) in [4.78, 5) is 21.1. The summed E-state index contributed by atoms with van der Waals surface area (Å²) in [7, 11) is 0. The van der Waals surface area contributed by atoms with Crippen molar-refractivity contribution in [3.05, 3.63) is 33.6 Å². The van der Waals surface area contributed by atoms with E-state index in [0.717, 1.165) is 18.9 Å². The number of nitrogens with zero attached hydrogens (tertiary/aromatic N) is 1. The Kier molecular flexibility index (Phi) is 4.08. The molecule has 1 aromatic rings. The van der Waals surface area contributed by atoms with Crippen molar-refractivity contribution in [1.82, 2.24) is 0 Å². The van der Waals surface area contributed by atoms with Crippen molar-refractivity contribution in [2.45, 2.75) is 31.2 Å². The van der Waals surface area contributed by atoms with Gasteiger partial charge in [0.25, 0.3) is 5.69 Å². The molecule has 8 heteroatoms. The van der Waals surface area contributed by atoms with E-state index in [2.05, 4.69) is 5.32 Å². The molecular weight excluding hydrogens is 283 g/mol. The second-order valence-corrected chi connectivity index (χ2v) is 5.18. The van der Waals surface area contributed by atoms with Crippen molar-refractivity contribution in [2.24, 2.45) is 0 Å². The summed E-state index contributed by atoms with van der Waals surface area (Å²) in [6, 6.07) is 1.50. The van der Waals surface area contributed by atoms with Crippen LogP contribution in [0.2, 0.25) is 0 Å². The van der Waals surface area contributed by atoms with E-state index in [9.17, 15) is 24.4 Å². The first-order valence-corrected chi connectivity index (χ1v) is 6.49. The van der Waals surface area contributed by atoms with E-state index in [-0.39, 0.29) is 12.3 Å². The van der Waals surface area contributed by atoms with Gasteiger partial charge in [-0.1, -0.05) is 12.8 Å². The molecule has 2 rings (SSSR count). The fraction of sp³-hybridized carbons (Fsp3) is 0.462. The zero-order chi connectivity index (χ0) is 15.6. The molecule has 1 aliphatic rings. The van der Waals surface area contributed by atoms with Crippen LogP contribution in [0, 0.1) is 15.9 Å². The normalized spacial score (nSPS) is 16.7. The van der Waals surface area contributed by atoms with E-state index in [1.54, 1.807) is 0 Å². The van der Waals surface area contributed by atoms with Gasteiger partial charge in [-0.25, -0.2) is 9.18 Å². The predicted molar refractivity (Wildman–Crippen MR) is 71.9 cm³/mol. The number of halogens is 1. The Morgan fingerprint density at radius 3 is 2.52 bits per heavy atom. The lowest BCUT2D eigenvalue weighted by molar-refractivity contribution is -0.384. The Morgan fingerprint density at radius 2 is 2.05 bits per heavy atom. The molecule has 0 aromatic heterocycles. The van der Waals surface area contributed by atoms with Crippen molar-refractivity contribution in [3.63, 3.8) is 0 Å². The number of carbonyl (C=O) groups is 1. The zero-order valence-electron chi connectivity index (χ0n) is 11.1. The van der Waals surface area contributed by atoms with Crippen molar-refractivity contribution < 1.29 is 24.3 Å². The van der Waals surface area contributed by atoms with Gasteiger partial charge in [0.1, 0.15) is 17.1 Å². The van der Waals surface area contributed by atoms with Gasteiger partial charge in [-0.05, 0) is 12.8 Å². The summed E-state index contributed by atoms with van der Waals surface area (Å²) in [5, 5.41) is 32.2. The second-order valence-electron chi connectivity index (χ2n) is 5.18. The Balaban J connectivity index is 2.45. The Bertz CT molecular complexity index is 584. The zero-order valence-corrected chi connectivity index (χ0v) is 11.1. The molecular formula is C13H15FN2O5. The van der Waals surface area contributed by atoms with E-state index in [0.29, 0.717) is 18.9 Å². The molecule has 114 valence electrons. The van der Waals surface area contributed by atoms with Crippen molar-refractivity contribution >= 4 is 17.3 Å². The monoisotopic (exact) mass is 298 g/mol. The molecule has 3 N–H and O–H groups in total. The minimum absolute atomic E-state index is 0.113. The molecule has 0 bridgehead atoms. The number of hydrogen-bond acceptors (Lipinski definition) is 5. The molecule has 1 fully saturated rings. The highest BCUT2D eigenvalue weighted by molar-refractivity contribution is 5.90. The number of rotatable bonds is 5. The summed E-state index contributed by atoms with van der Waals surface area (Å²) in [5.41, 5.74) is -2.11. The molecule has 0 radical (unpaired) electrons. The van der Waals surface area contributed by atoms with Crippen molar-refractivity contribution in [3.8, 4) is 0 Å². The van der Waals surface area contributed by atoms with Crippen LogP contribution < -0.4 is 5.32 Å². The first-order valence-electron chi connectivity index (χ1n) is 6.49. The lowest BCUT2D eigenvalue weighted by Gasteiger charge is -2.29. The van der Waals surface area contributed by atoms with Gasteiger partial charge in [0, 0.05) is 12.1 Å². The number of hydrogen-bond donors (Lipinski definition) is 3. The number of aliphatic hydroxyl groups is 1. The smallest absolute Gasteiger partial charge is 0.338 e. The van der Waals surface area contributed by atoms with Crippen molar-refractivity contribution in [2.75, 3.05) is 11.9 Å². The van der Waals surface area contributed by atoms with Gasteiger partial charge in [-0.2, -0.15) is 0 Å². The quantitative estimate of drug-likeness (QED) is 0.567.